The van der Waals surface area contributed by atoms with Gasteiger partial charge in [-0.05, 0) is 31.6 Å². The zero-order chi connectivity index (χ0) is 15.4. The molecule has 1 aliphatic heterocycles. The van der Waals surface area contributed by atoms with Crippen molar-refractivity contribution in [1.82, 2.24) is 15.5 Å². The predicted molar refractivity (Wildman–Crippen MR) is 89.8 cm³/mol. The Morgan fingerprint density at radius 2 is 1.95 bits per heavy atom. The smallest absolute Gasteiger partial charge is 0.234 e. The van der Waals surface area contributed by atoms with Crippen LogP contribution in [0.5, 0.6) is 0 Å². The van der Waals surface area contributed by atoms with Crippen molar-refractivity contribution in [2.45, 2.75) is 76.3 Å². The van der Waals surface area contributed by atoms with Crippen LogP contribution in [0.3, 0.4) is 0 Å². The molecule has 0 radical (unpaired) electrons. The van der Waals surface area contributed by atoms with E-state index in [0.29, 0.717) is 18.5 Å². The number of nitrogens with zero attached hydrogens (tertiary/aromatic N) is 1. The van der Waals surface area contributed by atoms with Gasteiger partial charge in [-0.2, -0.15) is 0 Å². The van der Waals surface area contributed by atoms with Gasteiger partial charge in [0, 0.05) is 31.2 Å². The monoisotopic (exact) mass is 307 g/mol. The van der Waals surface area contributed by atoms with Crippen molar-refractivity contribution in [1.29, 1.82) is 0 Å². The fourth-order valence-corrected chi connectivity index (χ4v) is 4.79. The van der Waals surface area contributed by atoms with Gasteiger partial charge in [0.2, 0.25) is 5.91 Å². The van der Waals surface area contributed by atoms with Crippen LogP contribution in [-0.2, 0) is 4.79 Å². The van der Waals surface area contributed by atoms with E-state index in [0.717, 1.165) is 19.6 Å². The van der Waals surface area contributed by atoms with E-state index >= 15 is 0 Å². The number of piperazine rings is 1. The molecule has 2 saturated carbocycles. The number of nitrogens with one attached hydrogen (secondary N) is 2. The molecular weight excluding hydrogens is 274 g/mol. The lowest BCUT2D eigenvalue weighted by Crippen LogP contribution is -2.63. The van der Waals surface area contributed by atoms with E-state index in [-0.39, 0.29) is 11.4 Å². The van der Waals surface area contributed by atoms with E-state index in [4.69, 9.17) is 0 Å². The minimum Gasteiger partial charge on any atom is -0.352 e. The zero-order valence-electron chi connectivity index (χ0n) is 14.2. The van der Waals surface area contributed by atoms with Crippen molar-refractivity contribution in [3.05, 3.63) is 0 Å². The average Bonchev–Trinajstić information content (AvgIpc) is 2.53. The van der Waals surface area contributed by atoms with Gasteiger partial charge in [0.05, 0.1) is 6.54 Å². The third-order valence-corrected chi connectivity index (χ3v) is 6.26. The van der Waals surface area contributed by atoms with Gasteiger partial charge in [0.1, 0.15) is 0 Å². The van der Waals surface area contributed by atoms with Gasteiger partial charge in [0.15, 0.2) is 0 Å². The molecule has 4 heteroatoms. The van der Waals surface area contributed by atoms with Gasteiger partial charge in [0.25, 0.3) is 0 Å². The van der Waals surface area contributed by atoms with Crippen LogP contribution < -0.4 is 10.6 Å². The molecule has 2 unspecified atom stereocenters. The number of carbonyl (C=O) groups excluding carboxylic acids is 1. The van der Waals surface area contributed by atoms with E-state index in [2.05, 4.69) is 22.5 Å². The molecule has 2 atom stereocenters. The predicted octanol–water partition coefficient (Wildman–Crippen LogP) is 2.29. The Kier molecular flexibility index (Phi) is 5.40. The number of hydrogen-bond acceptors (Lipinski definition) is 3. The lowest BCUT2D eigenvalue weighted by atomic mass is 9.79. The molecule has 2 aliphatic carbocycles. The molecule has 126 valence electrons. The first kappa shape index (κ1) is 16.3. The summed E-state index contributed by atoms with van der Waals surface area (Å²) in [7, 11) is 0. The molecule has 1 amide bonds. The second-order valence-corrected chi connectivity index (χ2v) is 7.82. The van der Waals surface area contributed by atoms with E-state index in [1.54, 1.807) is 0 Å². The third kappa shape index (κ3) is 3.65. The lowest BCUT2D eigenvalue weighted by molar-refractivity contribution is -0.126. The molecule has 0 aromatic carbocycles. The lowest BCUT2D eigenvalue weighted by Gasteiger charge is -2.49. The van der Waals surface area contributed by atoms with Gasteiger partial charge in [-0.15, -0.1) is 0 Å². The second-order valence-electron chi connectivity index (χ2n) is 7.82. The highest BCUT2D eigenvalue weighted by molar-refractivity contribution is 5.78. The summed E-state index contributed by atoms with van der Waals surface area (Å²) in [5.41, 5.74) is 0.256. The summed E-state index contributed by atoms with van der Waals surface area (Å²) in [6.07, 6.45) is 11.5. The molecule has 0 bridgehead atoms. The maximum absolute atomic E-state index is 12.6. The molecule has 3 rings (SSSR count). The summed E-state index contributed by atoms with van der Waals surface area (Å²) in [6, 6.07) is 0.409. The molecule has 4 nitrogen and oxygen atoms in total. The summed E-state index contributed by atoms with van der Waals surface area (Å²) in [6.45, 7) is 6.01. The van der Waals surface area contributed by atoms with Crippen LogP contribution >= 0.6 is 0 Å². The molecule has 1 heterocycles. The van der Waals surface area contributed by atoms with E-state index in [1.807, 2.05) is 0 Å². The minimum absolute atomic E-state index is 0.255. The normalized spacial score (nSPS) is 32.8. The van der Waals surface area contributed by atoms with Gasteiger partial charge >= 0.3 is 0 Å². The van der Waals surface area contributed by atoms with Crippen LogP contribution in [0.25, 0.3) is 0 Å². The maximum atomic E-state index is 12.6. The molecule has 3 aliphatic rings. The Morgan fingerprint density at radius 1 is 1.18 bits per heavy atom. The molecule has 1 saturated heterocycles. The first-order valence-corrected chi connectivity index (χ1v) is 9.45. The van der Waals surface area contributed by atoms with Crippen LogP contribution in [0.1, 0.15) is 64.7 Å². The van der Waals surface area contributed by atoms with Gasteiger partial charge in [-0.3, -0.25) is 9.69 Å². The molecule has 22 heavy (non-hydrogen) atoms. The van der Waals surface area contributed by atoms with Gasteiger partial charge < -0.3 is 10.6 Å². The largest absolute Gasteiger partial charge is 0.352 e. The second kappa shape index (κ2) is 7.31. The first-order valence-electron chi connectivity index (χ1n) is 9.45. The minimum atomic E-state index is 0.255. The molecule has 0 aromatic rings. The molecule has 1 spiro atoms. The Labute approximate surface area is 135 Å². The Bertz CT molecular complexity index is 370. The highest BCUT2D eigenvalue weighted by Crippen LogP contribution is 2.34. The molecule has 0 aromatic heterocycles. The van der Waals surface area contributed by atoms with Gasteiger partial charge in [-0.25, -0.2) is 0 Å². The van der Waals surface area contributed by atoms with E-state index in [1.165, 1.54) is 57.8 Å². The quantitative estimate of drug-likeness (QED) is 0.841. The SMILES string of the molecule is CC1CCCCC1NC(=O)CN1CCNCC12CCCCC2. The number of hydrogen-bond donors (Lipinski definition) is 2. The summed E-state index contributed by atoms with van der Waals surface area (Å²) in [5, 5.41) is 6.90. The molecular formula is C18H33N3O. The van der Waals surface area contributed by atoms with Crippen LogP contribution in [0.4, 0.5) is 0 Å². The Balaban J connectivity index is 1.56. The molecule has 2 N–H and O–H groups in total. The van der Waals surface area contributed by atoms with Crippen LogP contribution in [-0.4, -0.2) is 48.6 Å². The number of carbonyl (C=O) groups is 1. The highest BCUT2D eigenvalue weighted by Gasteiger charge is 2.40. The summed E-state index contributed by atoms with van der Waals surface area (Å²) >= 11 is 0. The Hall–Kier alpha value is -0.610. The number of rotatable bonds is 3. The fourth-order valence-electron chi connectivity index (χ4n) is 4.79. The van der Waals surface area contributed by atoms with Crippen molar-refractivity contribution >= 4 is 5.91 Å². The standard InChI is InChI=1S/C18H33N3O/c1-15-7-3-4-8-16(15)20-17(22)13-21-12-11-19-14-18(21)9-5-2-6-10-18/h15-16,19H,2-14H2,1H3,(H,20,22). The Morgan fingerprint density at radius 3 is 2.73 bits per heavy atom. The summed E-state index contributed by atoms with van der Waals surface area (Å²) in [5.74, 6) is 0.898. The van der Waals surface area contributed by atoms with Crippen molar-refractivity contribution < 1.29 is 4.79 Å². The summed E-state index contributed by atoms with van der Waals surface area (Å²) in [4.78, 5) is 15.1. The van der Waals surface area contributed by atoms with Crippen LogP contribution in [0.15, 0.2) is 0 Å². The third-order valence-electron chi connectivity index (χ3n) is 6.26. The molecule has 3 fully saturated rings. The van der Waals surface area contributed by atoms with E-state index in [9.17, 15) is 4.79 Å². The van der Waals surface area contributed by atoms with Crippen molar-refractivity contribution in [3.8, 4) is 0 Å². The summed E-state index contributed by atoms with van der Waals surface area (Å²) < 4.78 is 0. The maximum Gasteiger partial charge on any atom is 0.234 e. The fraction of sp³-hybridized carbons (Fsp3) is 0.944. The number of amides is 1. The van der Waals surface area contributed by atoms with E-state index < -0.39 is 0 Å². The van der Waals surface area contributed by atoms with Crippen LogP contribution in [0.2, 0.25) is 0 Å². The average molecular weight is 307 g/mol. The first-order chi connectivity index (χ1) is 10.7. The van der Waals surface area contributed by atoms with Crippen LogP contribution in [0, 0.1) is 5.92 Å². The van der Waals surface area contributed by atoms with Gasteiger partial charge in [-0.1, -0.05) is 39.0 Å². The highest BCUT2D eigenvalue weighted by atomic mass is 16.2. The van der Waals surface area contributed by atoms with Crippen molar-refractivity contribution in [2.24, 2.45) is 5.92 Å². The van der Waals surface area contributed by atoms with Crippen molar-refractivity contribution in [3.63, 3.8) is 0 Å². The van der Waals surface area contributed by atoms with Crippen molar-refractivity contribution in [2.75, 3.05) is 26.2 Å². The zero-order valence-corrected chi connectivity index (χ0v) is 14.2. The topological polar surface area (TPSA) is 44.4 Å².